The van der Waals surface area contributed by atoms with Crippen LogP contribution in [-0.2, 0) is 14.8 Å². The number of piperidine rings is 1. The lowest BCUT2D eigenvalue weighted by atomic mass is 9.99. The molecule has 0 unspecified atom stereocenters. The van der Waals surface area contributed by atoms with E-state index in [0.717, 1.165) is 12.8 Å². The summed E-state index contributed by atoms with van der Waals surface area (Å²) in [7, 11) is -2.02. The summed E-state index contributed by atoms with van der Waals surface area (Å²) in [4.78, 5) is 11.1. The van der Waals surface area contributed by atoms with Crippen molar-refractivity contribution in [3.05, 3.63) is 0 Å². The van der Waals surface area contributed by atoms with Crippen LogP contribution in [0.1, 0.15) is 12.8 Å². The number of carbonyl (C=O) groups is 1. The van der Waals surface area contributed by atoms with Crippen LogP contribution in [0.3, 0.4) is 0 Å². The van der Waals surface area contributed by atoms with Crippen LogP contribution in [0.4, 0.5) is 0 Å². The molecule has 0 bridgehead atoms. The number of carbonyl (C=O) groups excluding carboxylic acids is 1. The van der Waals surface area contributed by atoms with Crippen LogP contribution in [0.5, 0.6) is 0 Å². The Labute approximate surface area is 96.2 Å². The summed E-state index contributed by atoms with van der Waals surface area (Å²) < 4.78 is 25.0. The third-order valence-electron chi connectivity index (χ3n) is 2.89. The highest BCUT2D eigenvalue weighted by Crippen LogP contribution is 2.18. The molecular formula is C9H19N3O3S. The van der Waals surface area contributed by atoms with Gasteiger partial charge in [-0.15, -0.1) is 0 Å². The number of rotatable bonds is 4. The lowest BCUT2D eigenvalue weighted by molar-refractivity contribution is -0.118. The van der Waals surface area contributed by atoms with Gasteiger partial charge in [0.2, 0.25) is 15.9 Å². The molecule has 0 aromatic carbocycles. The standard InChI is InChI=1S/C9H19N3O3S/c1-11-9(13)7-16(14,15)12-4-2-8(6-10)3-5-12/h8H,2-7,10H2,1H3,(H,11,13). The van der Waals surface area contributed by atoms with E-state index in [-0.39, 0.29) is 0 Å². The van der Waals surface area contributed by atoms with Gasteiger partial charge in [-0.2, -0.15) is 0 Å². The first-order valence-electron chi connectivity index (χ1n) is 5.38. The highest BCUT2D eigenvalue weighted by Gasteiger charge is 2.28. The first-order chi connectivity index (χ1) is 7.49. The lowest BCUT2D eigenvalue weighted by Crippen LogP contribution is -2.43. The van der Waals surface area contributed by atoms with Crippen molar-refractivity contribution in [3.8, 4) is 0 Å². The van der Waals surface area contributed by atoms with Crippen molar-refractivity contribution in [1.82, 2.24) is 9.62 Å². The van der Waals surface area contributed by atoms with E-state index in [1.165, 1.54) is 11.4 Å². The van der Waals surface area contributed by atoms with Crippen molar-refractivity contribution < 1.29 is 13.2 Å². The molecule has 7 heteroatoms. The molecule has 1 heterocycles. The van der Waals surface area contributed by atoms with E-state index in [0.29, 0.717) is 25.6 Å². The van der Waals surface area contributed by atoms with Crippen LogP contribution in [0.2, 0.25) is 0 Å². The minimum Gasteiger partial charge on any atom is -0.358 e. The molecule has 1 saturated heterocycles. The third kappa shape index (κ3) is 3.43. The first kappa shape index (κ1) is 13.4. The highest BCUT2D eigenvalue weighted by atomic mass is 32.2. The van der Waals surface area contributed by atoms with Gasteiger partial charge < -0.3 is 11.1 Å². The van der Waals surface area contributed by atoms with Crippen molar-refractivity contribution in [1.29, 1.82) is 0 Å². The van der Waals surface area contributed by atoms with Gasteiger partial charge in [0.05, 0.1) is 0 Å². The normalized spacial score (nSPS) is 19.6. The Hall–Kier alpha value is -0.660. The summed E-state index contributed by atoms with van der Waals surface area (Å²) in [6.07, 6.45) is 1.56. The Balaban J connectivity index is 2.55. The van der Waals surface area contributed by atoms with E-state index in [4.69, 9.17) is 5.73 Å². The molecule has 0 aromatic rings. The van der Waals surface area contributed by atoms with Gasteiger partial charge in [-0.1, -0.05) is 0 Å². The molecule has 0 radical (unpaired) electrons. The number of hydrogen-bond donors (Lipinski definition) is 2. The van der Waals surface area contributed by atoms with Gasteiger partial charge in [-0.05, 0) is 25.3 Å². The van der Waals surface area contributed by atoms with Gasteiger partial charge >= 0.3 is 0 Å². The molecule has 0 aliphatic carbocycles. The Morgan fingerprint density at radius 3 is 2.44 bits per heavy atom. The summed E-state index contributed by atoms with van der Waals surface area (Å²) >= 11 is 0. The molecule has 1 aliphatic rings. The van der Waals surface area contributed by atoms with Crippen LogP contribution in [-0.4, -0.2) is 51.1 Å². The zero-order chi connectivity index (χ0) is 12.2. The second-order valence-corrected chi connectivity index (χ2v) is 5.98. The molecule has 0 spiro atoms. The van der Waals surface area contributed by atoms with Crippen LogP contribution in [0, 0.1) is 5.92 Å². The molecule has 94 valence electrons. The Morgan fingerprint density at radius 2 is 2.00 bits per heavy atom. The predicted molar refractivity (Wildman–Crippen MR) is 61.2 cm³/mol. The Kier molecular flexibility index (Phi) is 4.69. The molecule has 1 rings (SSSR count). The Bertz CT molecular complexity index is 334. The highest BCUT2D eigenvalue weighted by molar-refractivity contribution is 7.89. The largest absolute Gasteiger partial charge is 0.358 e. The van der Waals surface area contributed by atoms with E-state index < -0.39 is 21.7 Å². The van der Waals surface area contributed by atoms with Crippen molar-refractivity contribution in [2.45, 2.75) is 12.8 Å². The van der Waals surface area contributed by atoms with Crippen LogP contribution in [0.25, 0.3) is 0 Å². The van der Waals surface area contributed by atoms with Gasteiger partial charge in [-0.25, -0.2) is 12.7 Å². The summed E-state index contributed by atoms with van der Waals surface area (Å²) in [5.74, 6) is -0.524. The molecule has 0 saturated carbocycles. The molecule has 1 fully saturated rings. The van der Waals surface area contributed by atoms with Crippen molar-refractivity contribution in [2.24, 2.45) is 11.7 Å². The maximum atomic E-state index is 11.8. The average molecular weight is 249 g/mol. The number of sulfonamides is 1. The van der Waals surface area contributed by atoms with Crippen LogP contribution in [0.15, 0.2) is 0 Å². The third-order valence-corrected chi connectivity index (χ3v) is 4.67. The van der Waals surface area contributed by atoms with Crippen molar-refractivity contribution in [2.75, 3.05) is 32.4 Å². The first-order valence-corrected chi connectivity index (χ1v) is 6.99. The summed E-state index contributed by atoms with van der Waals surface area (Å²) in [5.41, 5.74) is 5.53. The number of nitrogens with one attached hydrogen (secondary N) is 1. The molecular weight excluding hydrogens is 230 g/mol. The summed E-state index contributed by atoms with van der Waals surface area (Å²) in [5, 5.41) is 2.32. The fourth-order valence-corrected chi connectivity index (χ4v) is 3.18. The van der Waals surface area contributed by atoms with Gasteiger partial charge in [0.1, 0.15) is 5.75 Å². The second-order valence-electron chi connectivity index (χ2n) is 4.01. The van der Waals surface area contributed by atoms with Gasteiger partial charge in [0.25, 0.3) is 0 Å². The second kappa shape index (κ2) is 5.60. The quantitative estimate of drug-likeness (QED) is 0.650. The topological polar surface area (TPSA) is 92.5 Å². The molecule has 0 aromatic heterocycles. The molecule has 6 nitrogen and oxygen atoms in total. The fourth-order valence-electron chi connectivity index (χ4n) is 1.75. The van der Waals surface area contributed by atoms with E-state index >= 15 is 0 Å². The zero-order valence-electron chi connectivity index (χ0n) is 9.48. The summed E-state index contributed by atoms with van der Waals surface area (Å²) in [6, 6.07) is 0. The maximum Gasteiger partial charge on any atom is 0.236 e. The van der Waals surface area contributed by atoms with Gasteiger partial charge in [0, 0.05) is 20.1 Å². The van der Waals surface area contributed by atoms with Crippen LogP contribution < -0.4 is 11.1 Å². The summed E-state index contributed by atoms with van der Waals surface area (Å²) in [6.45, 7) is 1.55. The lowest BCUT2D eigenvalue weighted by Gasteiger charge is -2.30. The number of hydrogen-bond acceptors (Lipinski definition) is 4. The monoisotopic (exact) mass is 249 g/mol. The Morgan fingerprint density at radius 1 is 1.44 bits per heavy atom. The SMILES string of the molecule is CNC(=O)CS(=O)(=O)N1CCC(CN)CC1. The minimum atomic E-state index is -3.45. The molecule has 0 atom stereocenters. The predicted octanol–water partition coefficient (Wildman–Crippen LogP) is -1.27. The molecule has 16 heavy (non-hydrogen) atoms. The molecule has 1 aliphatic heterocycles. The van der Waals surface area contributed by atoms with E-state index in [2.05, 4.69) is 5.32 Å². The smallest absolute Gasteiger partial charge is 0.236 e. The maximum absolute atomic E-state index is 11.8. The van der Waals surface area contributed by atoms with E-state index in [1.807, 2.05) is 0 Å². The molecule has 3 N–H and O–H groups in total. The fraction of sp³-hybridized carbons (Fsp3) is 0.889. The minimum absolute atomic E-state index is 0.409. The number of nitrogens with two attached hydrogens (primary N) is 1. The number of nitrogens with zero attached hydrogens (tertiary/aromatic N) is 1. The van der Waals surface area contributed by atoms with Crippen molar-refractivity contribution in [3.63, 3.8) is 0 Å². The number of amides is 1. The zero-order valence-corrected chi connectivity index (χ0v) is 10.3. The molecule has 1 amide bonds. The van der Waals surface area contributed by atoms with Crippen LogP contribution >= 0.6 is 0 Å². The van der Waals surface area contributed by atoms with E-state index in [1.54, 1.807) is 0 Å². The van der Waals surface area contributed by atoms with Crippen molar-refractivity contribution >= 4 is 15.9 Å². The van der Waals surface area contributed by atoms with E-state index in [9.17, 15) is 13.2 Å². The average Bonchev–Trinajstić information content (AvgIpc) is 2.28. The van der Waals surface area contributed by atoms with Gasteiger partial charge in [-0.3, -0.25) is 4.79 Å². The van der Waals surface area contributed by atoms with Gasteiger partial charge in [0.15, 0.2) is 0 Å².